The summed E-state index contributed by atoms with van der Waals surface area (Å²) in [4.78, 5) is 19.8. The number of benzene rings is 2. The number of hydrogen-bond acceptors (Lipinski definition) is 5. The number of rotatable bonds is 8. The van der Waals surface area contributed by atoms with E-state index in [1.165, 1.54) is 12.5 Å². The van der Waals surface area contributed by atoms with Crippen LogP contribution < -0.4 is 10.1 Å². The average molecular weight is 349 g/mol. The van der Waals surface area contributed by atoms with Gasteiger partial charge >= 0.3 is 5.97 Å². The van der Waals surface area contributed by atoms with Crippen LogP contribution in [0.4, 0.5) is 5.82 Å². The van der Waals surface area contributed by atoms with Crippen molar-refractivity contribution in [1.29, 1.82) is 0 Å². The molecule has 1 aromatic heterocycles. The first-order valence-electron chi connectivity index (χ1n) is 8.22. The molecule has 3 aromatic rings. The maximum absolute atomic E-state index is 11.7. The molecule has 0 radical (unpaired) electrons. The van der Waals surface area contributed by atoms with Gasteiger partial charge in [-0.15, -0.1) is 0 Å². The molecule has 0 unspecified atom stereocenters. The average Bonchev–Trinajstić information content (AvgIpc) is 2.68. The van der Waals surface area contributed by atoms with E-state index in [1.54, 1.807) is 0 Å². The second-order valence-corrected chi connectivity index (χ2v) is 5.73. The van der Waals surface area contributed by atoms with E-state index in [0.29, 0.717) is 24.6 Å². The minimum atomic E-state index is -0.957. The smallest absolute Gasteiger partial charge is 0.326 e. The maximum atomic E-state index is 11.7. The van der Waals surface area contributed by atoms with Crippen molar-refractivity contribution < 1.29 is 14.6 Å². The first-order chi connectivity index (χ1) is 12.7. The van der Waals surface area contributed by atoms with Crippen molar-refractivity contribution in [2.75, 3.05) is 5.32 Å². The summed E-state index contributed by atoms with van der Waals surface area (Å²) in [6.07, 6.45) is 3.22. The van der Waals surface area contributed by atoms with Gasteiger partial charge in [0.05, 0.1) is 6.20 Å². The lowest BCUT2D eigenvalue weighted by Gasteiger charge is -2.17. The molecule has 3 rings (SSSR count). The highest BCUT2D eigenvalue weighted by atomic mass is 16.5. The minimum Gasteiger partial charge on any atom is -0.483 e. The number of aromatic nitrogens is 2. The molecule has 0 saturated heterocycles. The Morgan fingerprint density at radius 2 is 1.69 bits per heavy atom. The number of hydrogen-bond donors (Lipinski definition) is 2. The number of aliphatic carboxylic acids is 1. The van der Waals surface area contributed by atoms with Crippen LogP contribution in [0.15, 0.2) is 73.2 Å². The highest BCUT2D eigenvalue weighted by molar-refractivity contribution is 5.78. The topological polar surface area (TPSA) is 84.3 Å². The van der Waals surface area contributed by atoms with Gasteiger partial charge in [-0.25, -0.2) is 14.8 Å². The zero-order valence-electron chi connectivity index (χ0n) is 14.1. The number of nitrogens with one attached hydrogen (secondary N) is 1. The van der Waals surface area contributed by atoms with E-state index >= 15 is 0 Å². The molecular formula is C20H19N3O3. The Morgan fingerprint density at radius 1 is 1.04 bits per heavy atom. The van der Waals surface area contributed by atoms with Crippen molar-refractivity contribution in [1.82, 2.24) is 9.97 Å². The zero-order chi connectivity index (χ0) is 18.2. The monoisotopic (exact) mass is 349 g/mol. The maximum Gasteiger partial charge on any atom is 0.326 e. The molecule has 1 heterocycles. The largest absolute Gasteiger partial charge is 0.483 e. The van der Waals surface area contributed by atoms with E-state index in [2.05, 4.69) is 15.3 Å². The van der Waals surface area contributed by atoms with Gasteiger partial charge in [-0.1, -0.05) is 60.7 Å². The van der Waals surface area contributed by atoms with Crippen LogP contribution in [0.5, 0.6) is 5.75 Å². The lowest BCUT2D eigenvalue weighted by molar-refractivity contribution is -0.137. The number of nitrogens with zero attached hydrogens (tertiary/aromatic N) is 2. The van der Waals surface area contributed by atoms with Crippen LogP contribution in [0.25, 0.3) is 0 Å². The number of carbonyl (C=O) groups is 1. The quantitative estimate of drug-likeness (QED) is 0.650. The van der Waals surface area contributed by atoms with Crippen LogP contribution in [0.1, 0.15) is 11.1 Å². The second kappa shape index (κ2) is 8.62. The van der Waals surface area contributed by atoms with E-state index in [4.69, 9.17) is 4.74 Å². The Labute approximate surface area is 151 Å². The first kappa shape index (κ1) is 17.4. The molecule has 0 fully saturated rings. The number of carboxylic acids is 1. The van der Waals surface area contributed by atoms with Crippen molar-refractivity contribution in [2.24, 2.45) is 0 Å². The molecule has 132 valence electrons. The molecule has 6 heteroatoms. The summed E-state index contributed by atoms with van der Waals surface area (Å²) in [5.74, 6) is -0.184. The molecule has 0 aliphatic rings. The van der Waals surface area contributed by atoms with Crippen molar-refractivity contribution in [3.63, 3.8) is 0 Å². The van der Waals surface area contributed by atoms with Crippen LogP contribution in [0, 0.1) is 0 Å². The third-order valence-electron chi connectivity index (χ3n) is 3.81. The Morgan fingerprint density at radius 3 is 2.35 bits per heavy atom. The van der Waals surface area contributed by atoms with Crippen molar-refractivity contribution >= 4 is 11.8 Å². The van der Waals surface area contributed by atoms with E-state index in [1.807, 2.05) is 60.7 Å². The van der Waals surface area contributed by atoms with Crippen LogP contribution in [-0.2, 0) is 17.8 Å². The number of anilines is 1. The van der Waals surface area contributed by atoms with Gasteiger partial charge in [0.15, 0.2) is 11.6 Å². The number of carboxylic acid groups (broad SMARTS) is 1. The molecular weight excluding hydrogens is 330 g/mol. The molecule has 6 nitrogen and oxygen atoms in total. The van der Waals surface area contributed by atoms with Gasteiger partial charge in [0.25, 0.3) is 0 Å². The first-order valence-corrected chi connectivity index (χ1v) is 8.22. The lowest BCUT2D eigenvalue weighted by atomic mass is 10.1. The minimum absolute atomic E-state index is 0.332. The third-order valence-corrected chi connectivity index (χ3v) is 3.81. The van der Waals surface area contributed by atoms with E-state index in [-0.39, 0.29) is 0 Å². The summed E-state index contributed by atoms with van der Waals surface area (Å²) in [7, 11) is 0. The zero-order valence-corrected chi connectivity index (χ0v) is 14.1. The molecule has 26 heavy (non-hydrogen) atoms. The molecule has 1 atom stereocenters. The Hall–Kier alpha value is -3.41. The van der Waals surface area contributed by atoms with Gasteiger partial charge in [-0.2, -0.15) is 0 Å². The normalized spacial score (nSPS) is 11.5. The van der Waals surface area contributed by atoms with Gasteiger partial charge in [-0.05, 0) is 11.1 Å². The van der Waals surface area contributed by atoms with E-state index in [9.17, 15) is 9.90 Å². The SMILES string of the molecule is O=C(O)[C@H](Cc1ccccc1)Nc1ncncc1OCc1ccccc1. The highest BCUT2D eigenvalue weighted by Crippen LogP contribution is 2.22. The molecule has 0 spiro atoms. The number of ether oxygens (including phenoxy) is 1. The predicted octanol–water partition coefficient (Wildman–Crippen LogP) is 3.16. The fourth-order valence-electron chi connectivity index (χ4n) is 2.48. The van der Waals surface area contributed by atoms with Gasteiger partial charge in [0, 0.05) is 6.42 Å². The summed E-state index contributed by atoms with van der Waals surface area (Å²) in [5, 5.41) is 12.5. The highest BCUT2D eigenvalue weighted by Gasteiger charge is 2.20. The molecule has 0 bridgehead atoms. The Balaban J connectivity index is 1.72. The van der Waals surface area contributed by atoms with Crippen molar-refractivity contribution in [2.45, 2.75) is 19.1 Å². The van der Waals surface area contributed by atoms with Gasteiger partial charge in [-0.3, -0.25) is 0 Å². The summed E-state index contributed by atoms with van der Waals surface area (Å²) < 4.78 is 5.77. The van der Waals surface area contributed by atoms with Crippen molar-refractivity contribution in [3.8, 4) is 5.75 Å². The van der Waals surface area contributed by atoms with Crippen molar-refractivity contribution in [3.05, 3.63) is 84.3 Å². The molecule has 2 aromatic carbocycles. The fourth-order valence-corrected chi connectivity index (χ4v) is 2.48. The van der Waals surface area contributed by atoms with E-state index < -0.39 is 12.0 Å². The summed E-state index contributed by atoms with van der Waals surface area (Å²) >= 11 is 0. The van der Waals surface area contributed by atoms with Crippen LogP contribution in [0.2, 0.25) is 0 Å². The molecule has 0 amide bonds. The molecule has 0 saturated carbocycles. The molecule has 2 N–H and O–H groups in total. The Kier molecular flexibility index (Phi) is 5.77. The predicted molar refractivity (Wildman–Crippen MR) is 98.0 cm³/mol. The molecule has 0 aliphatic carbocycles. The van der Waals surface area contributed by atoms with Gasteiger partial charge in [0.2, 0.25) is 0 Å². The summed E-state index contributed by atoms with van der Waals surface area (Å²) in [6.45, 7) is 0.347. The van der Waals surface area contributed by atoms with E-state index in [0.717, 1.165) is 11.1 Å². The Bertz CT molecular complexity index is 841. The van der Waals surface area contributed by atoms with Crippen LogP contribution in [0.3, 0.4) is 0 Å². The third kappa shape index (κ3) is 4.80. The van der Waals surface area contributed by atoms with Crippen LogP contribution >= 0.6 is 0 Å². The second-order valence-electron chi connectivity index (χ2n) is 5.73. The molecule has 0 aliphatic heterocycles. The standard InChI is InChI=1S/C20H19N3O3/c24-20(25)17(11-15-7-3-1-4-8-15)23-19-18(12-21-14-22-19)26-13-16-9-5-2-6-10-16/h1-10,12,14,17H,11,13H2,(H,24,25)(H,21,22,23)/t17-/m0/s1. The van der Waals surface area contributed by atoms with Gasteiger partial charge in [0.1, 0.15) is 19.0 Å². The fraction of sp³-hybridized carbons (Fsp3) is 0.150. The summed E-state index contributed by atoms with van der Waals surface area (Å²) in [5.41, 5.74) is 1.93. The van der Waals surface area contributed by atoms with Gasteiger partial charge < -0.3 is 15.2 Å². The van der Waals surface area contributed by atoms with Crippen LogP contribution in [-0.4, -0.2) is 27.1 Å². The lowest BCUT2D eigenvalue weighted by Crippen LogP contribution is -2.32. The summed E-state index contributed by atoms with van der Waals surface area (Å²) in [6, 6.07) is 18.3.